The largest absolute Gasteiger partial charge is 0.183 e. The standard InChI is InChI=1S/HIN4/c1-3-5-4-2/h2H. The molecule has 5 heteroatoms. The van der Waals surface area contributed by atoms with Crippen molar-refractivity contribution in [3.63, 3.8) is 0 Å². The minimum Gasteiger partial charge on any atom is -0.183 e. The molecule has 0 aliphatic rings. The fourth-order valence-electron chi connectivity index (χ4n) is 0.0169. The minimum atomic E-state index is 1.63. The van der Waals surface area contributed by atoms with Crippen LogP contribution in [0.2, 0.25) is 0 Å². The Morgan fingerprint density at radius 2 is 2.20 bits per heavy atom. The molecule has 0 aliphatic heterocycles. The van der Waals surface area contributed by atoms with E-state index in [0.717, 1.165) is 0 Å². The number of rotatable bonds is 1. The second-order valence-corrected chi connectivity index (χ2v) is 0.697. The molecule has 0 aromatic carbocycles. The van der Waals surface area contributed by atoms with Crippen molar-refractivity contribution in [1.82, 2.24) is 0 Å². The van der Waals surface area contributed by atoms with Crippen LogP contribution in [0.4, 0.5) is 0 Å². The SMILES string of the molecule is N=NN=NI. The van der Waals surface area contributed by atoms with Gasteiger partial charge in [0.15, 0.2) is 0 Å². The molecule has 0 spiro atoms. The van der Waals surface area contributed by atoms with Crippen molar-refractivity contribution in [2.75, 3.05) is 0 Å². The lowest BCUT2D eigenvalue weighted by Crippen LogP contribution is -1.26. The van der Waals surface area contributed by atoms with Gasteiger partial charge < -0.3 is 0 Å². The Morgan fingerprint density at radius 3 is 2.20 bits per heavy atom. The van der Waals surface area contributed by atoms with E-state index in [1.807, 2.05) is 0 Å². The van der Waals surface area contributed by atoms with Gasteiger partial charge in [0, 0.05) is 0 Å². The summed E-state index contributed by atoms with van der Waals surface area (Å²) in [6, 6.07) is 0. The summed E-state index contributed by atoms with van der Waals surface area (Å²) in [5, 5.41) is 5.43. The number of hydrogen-bond donors (Lipinski definition) is 1. The first-order chi connectivity index (χ1) is 2.41. The summed E-state index contributed by atoms with van der Waals surface area (Å²) in [7, 11) is 0. The van der Waals surface area contributed by atoms with Crippen molar-refractivity contribution in [1.29, 1.82) is 5.53 Å². The number of hydrogen-bond acceptors (Lipinski definition) is 2. The van der Waals surface area contributed by atoms with Gasteiger partial charge in [-0.15, -0.1) is 0 Å². The van der Waals surface area contributed by atoms with Crippen LogP contribution in [0.25, 0.3) is 0 Å². The van der Waals surface area contributed by atoms with Crippen molar-refractivity contribution in [2.24, 2.45) is 13.8 Å². The van der Waals surface area contributed by atoms with Gasteiger partial charge in [-0.3, -0.25) is 0 Å². The summed E-state index contributed by atoms with van der Waals surface area (Å²) in [5.74, 6) is 0. The van der Waals surface area contributed by atoms with Crippen LogP contribution in [0.3, 0.4) is 0 Å². The molecule has 0 amide bonds. The molecule has 0 atom stereocenters. The minimum absolute atomic E-state index is 1.63. The van der Waals surface area contributed by atoms with Gasteiger partial charge in [-0.25, -0.2) is 0 Å². The third-order valence-electron chi connectivity index (χ3n) is 0.0785. The zero-order chi connectivity index (χ0) is 4.12. The van der Waals surface area contributed by atoms with Crippen LogP contribution < -0.4 is 0 Å². The molecular weight excluding hydrogens is 183 g/mol. The second kappa shape index (κ2) is 3.93. The fraction of sp³-hybridized carbons (Fsp3) is 0. The van der Waals surface area contributed by atoms with Crippen LogP contribution >= 0.6 is 22.9 Å². The van der Waals surface area contributed by atoms with Crippen molar-refractivity contribution in [3.05, 3.63) is 0 Å². The normalized spacial score (nSPS) is 9.00. The molecule has 0 aromatic rings. The molecule has 0 aromatic heterocycles. The molecular formula is HIN4. The zero-order valence-corrected chi connectivity index (χ0v) is 4.38. The second-order valence-electron chi connectivity index (χ2n) is 0.265. The number of nitrogens with one attached hydrogen (secondary N) is 1. The fourth-order valence-corrected chi connectivity index (χ4v) is 0.113. The summed E-state index contributed by atoms with van der Waals surface area (Å²) in [6.45, 7) is 0. The Kier molecular flexibility index (Phi) is 3.87. The highest BCUT2D eigenvalue weighted by atomic mass is 127. The number of halogens is 1. The highest BCUT2D eigenvalue weighted by Crippen LogP contribution is 1.82. The molecule has 0 unspecified atom stereocenters. The third kappa shape index (κ3) is 3.93. The molecule has 0 bridgehead atoms. The van der Waals surface area contributed by atoms with E-state index in [9.17, 15) is 0 Å². The van der Waals surface area contributed by atoms with E-state index in [4.69, 9.17) is 5.53 Å². The first-order valence-electron chi connectivity index (χ1n) is 0.793. The van der Waals surface area contributed by atoms with Gasteiger partial charge in [0.25, 0.3) is 0 Å². The lowest BCUT2D eigenvalue weighted by Gasteiger charge is -1.52. The van der Waals surface area contributed by atoms with Gasteiger partial charge in [-0.2, -0.15) is 5.53 Å². The molecule has 5 heavy (non-hydrogen) atoms. The van der Waals surface area contributed by atoms with Crippen LogP contribution in [-0.2, 0) is 0 Å². The molecule has 28 valence electrons. The van der Waals surface area contributed by atoms with E-state index in [1.54, 1.807) is 22.9 Å². The van der Waals surface area contributed by atoms with Crippen LogP contribution in [0.1, 0.15) is 0 Å². The summed E-state index contributed by atoms with van der Waals surface area (Å²) >= 11 is 1.63. The predicted molar refractivity (Wildman–Crippen MR) is 24.0 cm³/mol. The van der Waals surface area contributed by atoms with E-state index in [-0.39, 0.29) is 0 Å². The Bertz CT molecular complexity index is 45.6. The predicted octanol–water partition coefficient (Wildman–Crippen LogP) is 1.73. The van der Waals surface area contributed by atoms with E-state index in [0.29, 0.717) is 0 Å². The van der Waals surface area contributed by atoms with E-state index in [2.05, 4.69) is 13.8 Å². The Morgan fingerprint density at radius 1 is 1.60 bits per heavy atom. The van der Waals surface area contributed by atoms with Gasteiger partial charge in [0.1, 0.15) is 22.9 Å². The lowest BCUT2D eigenvalue weighted by atomic mass is 12.6. The Hall–Kier alpha value is -0.0700. The molecule has 0 fully saturated rings. The topological polar surface area (TPSA) is 60.9 Å². The molecule has 4 nitrogen and oxygen atoms in total. The highest BCUT2D eigenvalue weighted by Gasteiger charge is 1.45. The maximum Gasteiger partial charge on any atom is 0.113 e. The third-order valence-corrected chi connectivity index (χ3v) is 0.272. The smallest absolute Gasteiger partial charge is 0.113 e. The molecule has 0 heterocycles. The van der Waals surface area contributed by atoms with Crippen molar-refractivity contribution in [2.45, 2.75) is 0 Å². The van der Waals surface area contributed by atoms with E-state index >= 15 is 0 Å². The average molecular weight is 184 g/mol. The molecule has 0 rings (SSSR count). The first kappa shape index (κ1) is 4.93. The van der Waals surface area contributed by atoms with Gasteiger partial charge >= 0.3 is 0 Å². The summed E-state index contributed by atoms with van der Waals surface area (Å²) in [4.78, 5) is 0. The summed E-state index contributed by atoms with van der Waals surface area (Å²) in [6.07, 6.45) is 0. The monoisotopic (exact) mass is 184 g/mol. The molecule has 0 aliphatic carbocycles. The van der Waals surface area contributed by atoms with E-state index < -0.39 is 0 Å². The van der Waals surface area contributed by atoms with Crippen LogP contribution in [-0.4, -0.2) is 0 Å². The molecule has 0 saturated carbocycles. The maximum absolute atomic E-state index is 5.96. The summed E-state index contributed by atoms with van der Waals surface area (Å²) in [5.41, 5.74) is 5.96. The quantitative estimate of drug-likeness (QED) is 0.366. The first-order valence-corrected chi connectivity index (χ1v) is 1.76. The highest BCUT2D eigenvalue weighted by molar-refractivity contribution is 14.1. The molecule has 0 radical (unpaired) electrons. The van der Waals surface area contributed by atoms with E-state index in [1.165, 1.54) is 0 Å². The van der Waals surface area contributed by atoms with Crippen molar-refractivity contribution < 1.29 is 0 Å². The van der Waals surface area contributed by atoms with Gasteiger partial charge in [0.2, 0.25) is 0 Å². The lowest BCUT2D eigenvalue weighted by molar-refractivity contribution is 0.938. The maximum atomic E-state index is 5.96. The molecule has 1 N–H and O–H groups in total. The van der Waals surface area contributed by atoms with Crippen LogP contribution in [0, 0.1) is 5.53 Å². The Balaban J connectivity index is 2.92. The Labute approximate surface area is 42.6 Å². The van der Waals surface area contributed by atoms with Crippen molar-refractivity contribution >= 4 is 22.9 Å². The van der Waals surface area contributed by atoms with Crippen molar-refractivity contribution in [3.8, 4) is 0 Å². The summed E-state index contributed by atoms with van der Waals surface area (Å²) < 4.78 is 3.10. The average Bonchev–Trinajstić information content (AvgIpc) is 1.41. The van der Waals surface area contributed by atoms with Crippen LogP contribution in [0.5, 0.6) is 0 Å². The number of nitrogens with zero attached hydrogens (tertiary/aromatic N) is 3. The van der Waals surface area contributed by atoms with Gasteiger partial charge in [-0.05, 0) is 10.4 Å². The molecule has 0 saturated heterocycles. The van der Waals surface area contributed by atoms with Gasteiger partial charge in [0.05, 0.1) is 0 Å². The van der Waals surface area contributed by atoms with Gasteiger partial charge in [-0.1, -0.05) is 3.33 Å². The zero-order valence-electron chi connectivity index (χ0n) is 2.22. The van der Waals surface area contributed by atoms with Crippen LogP contribution in [0.15, 0.2) is 13.8 Å².